The second-order valence-electron chi connectivity index (χ2n) is 11.6. The number of phenols is 1. The van der Waals surface area contributed by atoms with Crippen molar-refractivity contribution in [3.8, 4) is 11.8 Å². The number of rotatable bonds is 10. The van der Waals surface area contributed by atoms with Crippen molar-refractivity contribution in [2.24, 2.45) is 5.73 Å². The highest BCUT2D eigenvalue weighted by atomic mass is 19.4. The number of amides is 3. The maximum atomic E-state index is 13.9. The first kappa shape index (κ1) is 37.8. The number of benzene rings is 3. The second-order valence-corrected chi connectivity index (χ2v) is 11.6. The minimum absolute atomic E-state index is 0.0968. The first-order chi connectivity index (χ1) is 23.0. The van der Waals surface area contributed by atoms with E-state index in [1.165, 1.54) is 12.1 Å². The van der Waals surface area contributed by atoms with Crippen molar-refractivity contribution in [1.82, 2.24) is 4.90 Å². The van der Waals surface area contributed by atoms with Crippen LogP contribution in [0.4, 0.5) is 23.7 Å². The molecule has 1 aliphatic heterocycles. The molecule has 0 aromatic heterocycles. The third-order valence-electron chi connectivity index (χ3n) is 7.81. The Morgan fingerprint density at radius 3 is 2.29 bits per heavy atom. The molecule has 3 aromatic rings. The van der Waals surface area contributed by atoms with E-state index in [4.69, 9.17) is 20.4 Å². The van der Waals surface area contributed by atoms with Crippen LogP contribution < -0.4 is 16.2 Å². The third-order valence-corrected chi connectivity index (χ3v) is 7.81. The van der Waals surface area contributed by atoms with Crippen LogP contribution in [-0.2, 0) is 27.3 Å². The number of anilines is 1. The van der Waals surface area contributed by atoms with E-state index in [9.17, 15) is 37.9 Å². The maximum absolute atomic E-state index is 13.9. The molecule has 0 bridgehead atoms. The molecule has 4 rings (SSSR count). The number of aromatic hydroxyl groups is 1. The molecule has 0 aliphatic carbocycles. The van der Waals surface area contributed by atoms with Gasteiger partial charge in [-0.1, -0.05) is 24.3 Å². The van der Waals surface area contributed by atoms with Gasteiger partial charge in [0.15, 0.2) is 0 Å². The predicted octanol–water partition coefficient (Wildman–Crippen LogP) is 3.09. The number of nitrogens with two attached hydrogens (primary N) is 1. The van der Waals surface area contributed by atoms with E-state index in [-0.39, 0.29) is 24.8 Å². The third kappa shape index (κ3) is 11.0. The molecule has 4 N–H and O–H groups in total. The number of carbonyl (C=O) groups excluding carboxylic acids is 4. The molecule has 1 heterocycles. The lowest BCUT2D eigenvalue weighted by atomic mass is 10.0. The van der Waals surface area contributed by atoms with E-state index >= 15 is 0 Å². The second kappa shape index (κ2) is 16.5. The summed E-state index contributed by atoms with van der Waals surface area (Å²) < 4.78 is 37.2. The van der Waals surface area contributed by atoms with Gasteiger partial charge in [-0.2, -0.15) is 18.4 Å². The van der Waals surface area contributed by atoms with Crippen molar-refractivity contribution in [1.29, 1.82) is 5.26 Å². The number of carbonyl (C=O) groups is 4. The molecule has 0 spiro atoms. The molecule has 260 valence electrons. The number of nitrogens with zero attached hydrogens (tertiary/aromatic N) is 3. The van der Waals surface area contributed by atoms with Crippen LogP contribution in [0.15, 0.2) is 72.8 Å². The maximum Gasteiger partial charge on any atom is 0.430 e. The average molecular weight is 684 g/mol. The number of nitrogens with one attached hydrogen (secondary N) is 1. The van der Waals surface area contributed by atoms with Crippen molar-refractivity contribution in [2.75, 3.05) is 32.1 Å². The minimum Gasteiger partial charge on any atom is -0.542 e. The van der Waals surface area contributed by atoms with Crippen LogP contribution in [0, 0.1) is 11.3 Å². The standard InChI is InChI=1S/C32H35N5O5.C2HF3O2/c1-3-42-31(40)25-9-11-26(12-10-25)35-32(41)36(29(30(34)39)18-22-7-13-28(38)14-8-22)27-15-16-37(2,21-27)20-24-6-4-5-23(17-24)19-33;3-2(4,5)1(6)7/h4-14,17,27,29H,3,15-16,18,20-21H2,1-2H3,(H3-,34,35,38,39,40,41);(H,6,7)/t27-,29+,37?;/m1./s1. The molecule has 0 radical (unpaired) electrons. The summed E-state index contributed by atoms with van der Waals surface area (Å²) in [5.74, 6) is -4.01. The first-order valence-electron chi connectivity index (χ1n) is 15.1. The molecule has 3 amide bonds. The fourth-order valence-electron chi connectivity index (χ4n) is 5.55. The van der Waals surface area contributed by atoms with E-state index in [1.807, 2.05) is 18.2 Å². The Morgan fingerprint density at radius 2 is 1.73 bits per heavy atom. The number of hydrogen-bond donors (Lipinski definition) is 3. The van der Waals surface area contributed by atoms with Crippen LogP contribution in [0.3, 0.4) is 0 Å². The number of carboxylic acid groups (broad SMARTS) is 1. The van der Waals surface area contributed by atoms with Crippen LogP contribution in [0.2, 0.25) is 0 Å². The fourth-order valence-corrected chi connectivity index (χ4v) is 5.55. The molecule has 49 heavy (non-hydrogen) atoms. The number of primary amides is 1. The summed E-state index contributed by atoms with van der Waals surface area (Å²) in [6.45, 7) is 3.97. The predicted molar refractivity (Wildman–Crippen MR) is 168 cm³/mol. The number of phenolic OH excluding ortho intramolecular Hbond substituents is 1. The van der Waals surface area contributed by atoms with Gasteiger partial charge in [-0.05, 0) is 61.0 Å². The molecule has 0 saturated carbocycles. The van der Waals surface area contributed by atoms with E-state index < -0.39 is 36.1 Å². The van der Waals surface area contributed by atoms with Crippen molar-refractivity contribution >= 4 is 29.6 Å². The smallest absolute Gasteiger partial charge is 0.430 e. The van der Waals surface area contributed by atoms with E-state index in [0.29, 0.717) is 40.8 Å². The summed E-state index contributed by atoms with van der Waals surface area (Å²) in [5.41, 5.74) is 9.09. The Hall–Kier alpha value is -5.62. The van der Waals surface area contributed by atoms with Crippen molar-refractivity contribution in [3.05, 3.63) is 95.1 Å². The van der Waals surface area contributed by atoms with Crippen LogP contribution in [0.1, 0.15) is 40.4 Å². The highest BCUT2D eigenvalue weighted by molar-refractivity contribution is 5.95. The van der Waals surface area contributed by atoms with Gasteiger partial charge >= 0.3 is 18.2 Å². The summed E-state index contributed by atoms with van der Waals surface area (Å²) in [4.78, 5) is 49.2. The zero-order valence-corrected chi connectivity index (χ0v) is 26.8. The molecule has 1 fully saturated rings. The van der Waals surface area contributed by atoms with E-state index in [1.54, 1.807) is 54.3 Å². The number of urea groups is 1. The summed E-state index contributed by atoms with van der Waals surface area (Å²) in [5, 5.41) is 30.7. The molecule has 1 saturated heterocycles. The number of aliphatic carboxylic acids is 1. The summed E-state index contributed by atoms with van der Waals surface area (Å²) >= 11 is 0. The Balaban J connectivity index is 0.000000838. The number of halogens is 3. The molecular weight excluding hydrogens is 647 g/mol. The molecule has 1 unspecified atom stereocenters. The fraction of sp³-hybridized carbons (Fsp3) is 0.324. The summed E-state index contributed by atoms with van der Waals surface area (Å²) in [7, 11) is 2.10. The largest absolute Gasteiger partial charge is 0.542 e. The summed E-state index contributed by atoms with van der Waals surface area (Å²) in [6.07, 6.45) is -4.38. The Labute approximate surface area is 280 Å². The number of likely N-dealkylation sites (N-methyl/N-ethyl adjacent to an activating group) is 1. The van der Waals surface area contributed by atoms with Crippen LogP contribution in [0.5, 0.6) is 5.75 Å². The zero-order valence-electron chi connectivity index (χ0n) is 26.8. The lowest BCUT2D eigenvalue weighted by Crippen LogP contribution is -2.56. The zero-order chi connectivity index (χ0) is 36.4. The molecule has 1 aliphatic rings. The molecular formula is C34H36F3N5O7. The number of quaternary nitrogens is 1. The number of likely N-dealkylation sites (tertiary alicyclic amines) is 1. The van der Waals surface area contributed by atoms with Gasteiger partial charge in [0, 0.05) is 24.1 Å². The topological polar surface area (TPSA) is 186 Å². The van der Waals surface area contributed by atoms with Crippen molar-refractivity contribution in [3.63, 3.8) is 0 Å². The van der Waals surface area contributed by atoms with Crippen LogP contribution in [-0.4, -0.2) is 83.4 Å². The van der Waals surface area contributed by atoms with Gasteiger partial charge in [0.25, 0.3) is 0 Å². The van der Waals surface area contributed by atoms with Gasteiger partial charge in [0.05, 0.1) is 50.0 Å². The lowest BCUT2D eigenvalue weighted by Gasteiger charge is -2.36. The van der Waals surface area contributed by atoms with Crippen molar-refractivity contribution < 1.29 is 51.8 Å². The Kier molecular flexibility index (Phi) is 12.7. The highest BCUT2D eigenvalue weighted by Crippen LogP contribution is 2.28. The van der Waals surface area contributed by atoms with E-state index in [2.05, 4.69) is 18.4 Å². The normalized spacial score (nSPS) is 17.4. The molecule has 3 atom stereocenters. The van der Waals surface area contributed by atoms with Crippen LogP contribution >= 0.6 is 0 Å². The number of nitriles is 1. The SMILES string of the molecule is CCOC(=O)c1ccc(NC(=O)N([C@@H]2CC[N+](C)(Cc3cccc(C#N)c3)C2)[C@@H](Cc2ccc(O)cc2)C(N)=O)cc1.O=C([O-])C(F)(F)F. The van der Waals surface area contributed by atoms with Gasteiger partial charge in [-0.3, -0.25) is 4.79 Å². The summed E-state index contributed by atoms with van der Waals surface area (Å²) in [6, 6.07) is 20.7. The number of carboxylic acids is 1. The van der Waals surface area contributed by atoms with Gasteiger partial charge < -0.3 is 40.2 Å². The Morgan fingerprint density at radius 1 is 1.10 bits per heavy atom. The van der Waals surface area contributed by atoms with Gasteiger partial charge in [0.1, 0.15) is 24.3 Å². The monoisotopic (exact) mass is 683 g/mol. The van der Waals surface area contributed by atoms with Crippen molar-refractivity contribution in [2.45, 2.75) is 44.6 Å². The number of alkyl halides is 3. The Bertz CT molecular complexity index is 1680. The molecule has 15 heteroatoms. The molecule has 12 nitrogen and oxygen atoms in total. The number of ether oxygens (including phenoxy) is 1. The quantitative estimate of drug-likeness (QED) is 0.215. The minimum atomic E-state index is -5.19. The van der Waals surface area contributed by atoms with E-state index in [0.717, 1.165) is 17.7 Å². The van der Waals surface area contributed by atoms with Gasteiger partial charge in [0.2, 0.25) is 5.91 Å². The highest BCUT2D eigenvalue weighted by Gasteiger charge is 2.43. The lowest BCUT2D eigenvalue weighted by molar-refractivity contribution is -0.911. The first-order valence-corrected chi connectivity index (χ1v) is 15.1. The molecule has 3 aromatic carbocycles. The average Bonchev–Trinajstić information content (AvgIpc) is 3.42. The van der Waals surface area contributed by atoms with Gasteiger partial charge in [-0.15, -0.1) is 0 Å². The van der Waals surface area contributed by atoms with Gasteiger partial charge in [-0.25, -0.2) is 9.59 Å². The number of hydrogen-bond acceptors (Lipinski definition) is 8. The number of esters is 1. The van der Waals surface area contributed by atoms with Crippen LogP contribution in [0.25, 0.3) is 0 Å².